The number of benzene rings is 1. The molecule has 20 heavy (non-hydrogen) atoms. The molecule has 1 unspecified atom stereocenters. The zero-order valence-electron chi connectivity index (χ0n) is 11.5. The van der Waals surface area contributed by atoms with E-state index < -0.39 is 0 Å². The highest BCUT2D eigenvalue weighted by Crippen LogP contribution is 2.27. The molecule has 0 aliphatic carbocycles. The summed E-state index contributed by atoms with van der Waals surface area (Å²) in [6.45, 7) is 2.27. The van der Waals surface area contributed by atoms with Crippen molar-refractivity contribution in [1.82, 2.24) is 4.98 Å². The van der Waals surface area contributed by atoms with E-state index >= 15 is 0 Å². The highest BCUT2D eigenvalue weighted by molar-refractivity contribution is 6.31. The molecule has 0 fully saturated rings. The van der Waals surface area contributed by atoms with Gasteiger partial charge in [0.05, 0.1) is 11.1 Å². The summed E-state index contributed by atoms with van der Waals surface area (Å²) in [7, 11) is 1.87. The molecule has 1 heterocycles. The number of nitrogens with two attached hydrogens (primary N) is 1. The van der Waals surface area contributed by atoms with Crippen molar-refractivity contribution in [1.29, 1.82) is 0 Å². The van der Waals surface area contributed by atoms with Gasteiger partial charge in [0.25, 0.3) is 0 Å². The van der Waals surface area contributed by atoms with E-state index in [2.05, 4.69) is 4.98 Å². The maximum Gasteiger partial charge on any atom is 0.129 e. The Balaban J connectivity index is 2.31. The van der Waals surface area contributed by atoms with E-state index in [1.54, 1.807) is 18.3 Å². The Morgan fingerprint density at radius 1 is 1.40 bits per heavy atom. The van der Waals surface area contributed by atoms with Gasteiger partial charge in [-0.3, -0.25) is 0 Å². The highest BCUT2D eigenvalue weighted by atomic mass is 35.5. The van der Waals surface area contributed by atoms with Crippen LogP contribution in [0.2, 0.25) is 5.02 Å². The first-order valence-electron chi connectivity index (χ1n) is 6.36. The summed E-state index contributed by atoms with van der Waals surface area (Å²) in [5, 5.41) is 0.545. The molecule has 2 rings (SSSR count). The predicted octanol–water partition coefficient (Wildman–Crippen LogP) is 3.53. The Hall–Kier alpha value is -1.65. The second-order valence-corrected chi connectivity index (χ2v) is 5.05. The third-order valence-electron chi connectivity index (χ3n) is 3.44. The van der Waals surface area contributed by atoms with E-state index in [0.717, 1.165) is 5.56 Å². The molecule has 3 nitrogen and oxygen atoms in total. The van der Waals surface area contributed by atoms with Crippen LogP contribution in [0.25, 0.3) is 0 Å². The summed E-state index contributed by atoms with van der Waals surface area (Å²) in [6.07, 6.45) is 1.57. The largest absolute Gasteiger partial charge is 0.353 e. The number of rotatable bonds is 4. The van der Waals surface area contributed by atoms with Crippen LogP contribution in [0.5, 0.6) is 0 Å². The monoisotopic (exact) mass is 293 g/mol. The summed E-state index contributed by atoms with van der Waals surface area (Å²) in [5.74, 6) is 0.491. The van der Waals surface area contributed by atoms with Crippen molar-refractivity contribution >= 4 is 17.4 Å². The number of pyridine rings is 1. The Kier molecular flexibility index (Phi) is 4.57. The molecular formula is C15H17ClFN3. The van der Waals surface area contributed by atoms with Crippen molar-refractivity contribution in [2.45, 2.75) is 19.5 Å². The molecule has 0 bridgehead atoms. The Morgan fingerprint density at radius 3 is 2.75 bits per heavy atom. The summed E-state index contributed by atoms with van der Waals surface area (Å²) in [4.78, 5) is 6.18. The van der Waals surface area contributed by atoms with E-state index in [4.69, 9.17) is 17.3 Å². The van der Waals surface area contributed by atoms with Gasteiger partial charge in [0, 0.05) is 25.4 Å². The zero-order chi connectivity index (χ0) is 14.7. The van der Waals surface area contributed by atoms with Crippen LogP contribution in [0.1, 0.15) is 24.1 Å². The van der Waals surface area contributed by atoms with Gasteiger partial charge in [-0.05, 0) is 24.6 Å². The van der Waals surface area contributed by atoms with Gasteiger partial charge in [0.15, 0.2) is 0 Å². The SMILES string of the molecule is CC(c1ccccc1F)N(C)c1cc(CN)c(Cl)cn1. The molecule has 0 spiro atoms. The lowest BCUT2D eigenvalue weighted by atomic mass is 10.1. The summed E-state index contributed by atoms with van der Waals surface area (Å²) in [5.41, 5.74) is 7.09. The van der Waals surface area contributed by atoms with Crippen LogP contribution >= 0.6 is 11.6 Å². The topological polar surface area (TPSA) is 42.1 Å². The molecule has 2 N–H and O–H groups in total. The smallest absolute Gasteiger partial charge is 0.129 e. The molecule has 106 valence electrons. The number of hydrogen-bond acceptors (Lipinski definition) is 3. The molecule has 1 atom stereocenters. The lowest BCUT2D eigenvalue weighted by molar-refractivity contribution is 0.584. The van der Waals surface area contributed by atoms with Gasteiger partial charge < -0.3 is 10.6 Å². The molecular weight excluding hydrogens is 277 g/mol. The molecule has 5 heteroatoms. The standard InChI is InChI=1S/C15H17ClFN3/c1-10(12-5-3-4-6-14(12)17)20(2)15-7-11(8-18)13(16)9-19-15/h3-7,9-10H,8,18H2,1-2H3. The average molecular weight is 294 g/mol. The second-order valence-electron chi connectivity index (χ2n) is 4.65. The number of hydrogen-bond donors (Lipinski definition) is 1. The number of anilines is 1. The first-order chi connectivity index (χ1) is 9.54. The van der Waals surface area contributed by atoms with Gasteiger partial charge in [-0.25, -0.2) is 9.37 Å². The van der Waals surface area contributed by atoms with Crippen LogP contribution in [-0.4, -0.2) is 12.0 Å². The molecule has 2 aromatic rings. The van der Waals surface area contributed by atoms with Gasteiger partial charge in [-0.1, -0.05) is 29.8 Å². The van der Waals surface area contributed by atoms with Crippen molar-refractivity contribution < 1.29 is 4.39 Å². The Bertz CT molecular complexity index is 603. The number of halogens is 2. The minimum Gasteiger partial charge on any atom is -0.353 e. The number of aromatic nitrogens is 1. The van der Waals surface area contributed by atoms with Gasteiger partial charge >= 0.3 is 0 Å². The number of nitrogens with zero attached hydrogens (tertiary/aromatic N) is 2. The van der Waals surface area contributed by atoms with Crippen LogP contribution in [0.4, 0.5) is 10.2 Å². The third kappa shape index (κ3) is 2.92. The maximum absolute atomic E-state index is 13.8. The van der Waals surface area contributed by atoms with E-state index in [9.17, 15) is 4.39 Å². The first kappa shape index (κ1) is 14.8. The second kappa shape index (κ2) is 6.20. The highest BCUT2D eigenvalue weighted by Gasteiger charge is 2.17. The molecule has 0 amide bonds. The molecule has 1 aromatic carbocycles. The van der Waals surface area contributed by atoms with Gasteiger partial charge in [0.1, 0.15) is 11.6 Å². The predicted molar refractivity (Wildman–Crippen MR) is 80.4 cm³/mol. The summed E-state index contributed by atoms with van der Waals surface area (Å²) >= 11 is 6.00. The van der Waals surface area contributed by atoms with Crippen molar-refractivity contribution in [3.63, 3.8) is 0 Å². The molecule has 0 aliphatic rings. The average Bonchev–Trinajstić information content (AvgIpc) is 2.47. The van der Waals surface area contributed by atoms with Crippen molar-refractivity contribution in [3.8, 4) is 0 Å². The van der Waals surface area contributed by atoms with E-state index in [1.807, 2.05) is 31.0 Å². The minimum atomic E-state index is -0.222. The summed E-state index contributed by atoms with van der Waals surface area (Å²) < 4.78 is 13.8. The lowest BCUT2D eigenvalue weighted by Gasteiger charge is -2.27. The fraction of sp³-hybridized carbons (Fsp3) is 0.267. The molecule has 1 aromatic heterocycles. The van der Waals surface area contributed by atoms with Crippen LogP contribution in [0.15, 0.2) is 36.5 Å². The van der Waals surface area contributed by atoms with Crippen LogP contribution in [0.3, 0.4) is 0 Å². The first-order valence-corrected chi connectivity index (χ1v) is 6.74. The minimum absolute atomic E-state index is 0.143. The third-order valence-corrected chi connectivity index (χ3v) is 3.78. The summed E-state index contributed by atoms with van der Waals surface area (Å²) in [6, 6.07) is 8.42. The van der Waals surface area contributed by atoms with Crippen LogP contribution in [0, 0.1) is 5.82 Å². The lowest BCUT2D eigenvalue weighted by Crippen LogP contribution is -2.23. The van der Waals surface area contributed by atoms with Crippen molar-refractivity contribution in [3.05, 3.63) is 58.5 Å². The van der Waals surface area contributed by atoms with E-state index in [0.29, 0.717) is 22.9 Å². The quantitative estimate of drug-likeness (QED) is 0.937. The Morgan fingerprint density at radius 2 is 2.10 bits per heavy atom. The van der Waals surface area contributed by atoms with Crippen LogP contribution in [-0.2, 0) is 6.54 Å². The maximum atomic E-state index is 13.8. The van der Waals surface area contributed by atoms with E-state index in [1.165, 1.54) is 6.07 Å². The molecule has 0 saturated heterocycles. The van der Waals surface area contributed by atoms with Crippen molar-refractivity contribution in [2.24, 2.45) is 5.73 Å². The molecule has 0 saturated carbocycles. The van der Waals surface area contributed by atoms with Gasteiger partial charge in [0.2, 0.25) is 0 Å². The molecule has 0 radical (unpaired) electrons. The fourth-order valence-electron chi connectivity index (χ4n) is 2.04. The fourth-order valence-corrected chi connectivity index (χ4v) is 2.22. The van der Waals surface area contributed by atoms with Gasteiger partial charge in [-0.15, -0.1) is 0 Å². The Labute approximate surface area is 123 Å². The van der Waals surface area contributed by atoms with Crippen molar-refractivity contribution in [2.75, 3.05) is 11.9 Å². The molecule has 0 aliphatic heterocycles. The van der Waals surface area contributed by atoms with E-state index in [-0.39, 0.29) is 11.9 Å². The van der Waals surface area contributed by atoms with Gasteiger partial charge in [-0.2, -0.15) is 0 Å². The zero-order valence-corrected chi connectivity index (χ0v) is 12.2. The normalized spacial score (nSPS) is 12.2. The van der Waals surface area contributed by atoms with Crippen LogP contribution < -0.4 is 10.6 Å².